The Kier molecular flexibility index (Phi) is 6.24. The largest absolute Gasteiger partial charge is 0.323 e. The Morgan fingerprint density at radius 2 is 1.64 bits per heavy atom. The van der Waals surface area contributed by atoms with Crippen LogP contribution in [0.2, 0.25) is 10.0 Å². The quantitative estimate of drug-likeness (QED) is 0.711. The predicted molar refractivity (Wildman–Crippen MR) is 108 cm³/mol. The van der Waals surface area contributed by atoms with Crippen LogP contribution in [-0.2, 0) is 14.8 Å². The first-order valence-electron chi connectivity index (χ1n) is 9.02. The average Bonchev–Trinajstić information content (AvgIpc) is 3.08. The summed E-state index contributed by atoms with van der Waals surface area (Å²) >= 11 is 12.1. The summed E-state index contributed by atoms with van der Waals surface area (Å²) in [6, 6.07) is 5.13. The third-order valence-electron chi connectivity index (χ3n) is 5.46. The molecule has 2 atom stereocenters. The lowest BCUT2D eigenvalue weighted by Gasteiger charge is -2.35. The number of urea groups is 1. The van der Waals surface area contributed by atoms with E-state index >= 15 is 0 Å². The fourth-order valence-electron chi connectivity index (χ4n) is 3.86. The van der Waals surface area contributed by atoms with Crippen molar-refractivity contribution in [3.05, 3.63) is 33.8 Å². The van der Waals surface area contributed by atoms with Crippen LogP contribution in [0.3, 0.4) is 0 Å². The molecule has 0 bridgehead atoms. The molecule has 0 aliphatic carbocycles. The third kappa shape index (κ3) is 4.45. The molecule has 2 heterocycles. The van der Waals surface area contributed by atoms with E-state index in [9.17, 15) is 18.0 Å². The zero-order chi connectivity index (χ0) is 20.6. The van der Waals surface area contributed by atoms with E-state index < -0.39 is 10.0 Å². The molecule has 3 rings (SSSR count). The number of rotatable bonds is 3. The van der Waals surface area contributed by atoms with Crippen LogP contribution in [0.25, 0.3) is 0 Å². The zero-order valence-electron chi connectivity index (χ0n) is 15.8. The first-order chi connectivity index (χ1) is 13.1. The Labute approximate surface area is 175 Å². The van der Waals surface area contributed by atoms with Crippen LogP contribution in [0.5, 0.6) is 0 Å². The van der Waals surface area contributed by atoms with Gasteiger partial charge in [0, 0.05) is 51.1 Å². The van der Waals surface area contributed by atoms with E-state index in [2.05, 4.69) is 0 Å². The Bertz CT molecular complexity index is 885. The molecule has 0 aromatic heterocycles. The van der Waals surface area contributed by atoms with E-state index in [-0.39, 0.29) is 36.7 Å². The normalized spacial score (nSPS) is 23.9. The number of hydrogen-bond acceptors (Lipinski definition) is 4. The number of piperazine rings is 1. The average molecular weight is 448 g/mol. The van der Waals surface area contributed by atoms with Gasteiger partial charge in [0.2, 0.25) is 10.0 Å². The van der Waals surface area contributed by atoms with E-state index in [1.54, 1.807) is 21.9 Å². The second-order valence-electron chi connectivity index (χ2n) is 7.33. The lowest BCUT2D eigenvalue weighted by Crippen LogP contribution is -2.53. The number of sulfonamides is 1. The van der Waals surface area contributed by atoms with Crippen molar-refractivity contribution in [2.75, 3.05) is 45.5 Å². The number of Topliss-reactive ketones (excluding diaryl/α,β-unsaturated/α-hetero) is 1. The molecule has 7 nitrogen and oxygen atoms in total. The zero-order valence-corrected chi connectivity index (χ0v) is 18.1. The molecular weight excluding hydrogens is 425 g/mol. The van der Waals surface area contributed by atoms with Gasteiger partial charge in [0.05, 0.1) is 16.3 Å². The fraction of sp³-hybridized carbons (Fsp3) is 0.556. The van der Waals surface area contributed by atoms with Gasteiger partial charge in [-0.3, -0.25) is 4.79 Å². The van der Waals surface area contributed by atoms with Gasteiger partial charge in [0.1, 0.15) is 5.78 Å². The maximum absolute atomic E-state index is 12.9. The number of amides is 2. The Morgan fingerprint density at radius 3 is 2.18 bits per heavy atom. The molecule has 0 saturated carbocycles. The van der Waals surface area contributed by atoms with Gasteiger partial charge in [0.15, 0.2) is 0 Å². The van der Waals surface area contributed by atoms with Gasteiger partial charge in [-0.2, -0.15) is 4.31 Å². The number of halogens is 2. The summed E-state index contributed by atoms with van der Waals surface area (Å²) in [7, 11) is -3.25. The summed E-state index contributed by atoms with van der Waals surface area (Å²) in [5.41, 5.74) is 0.881. The lowest BCUT2D eigenvalue weighted by atomic mass is 9.87. The van der Waals surface area contributed by atoms with Crippen molar-refractivity contribution < 1.29 is 18.0 Å². The molecule has 2 aliphatic heterocycles. The summed E-state index contributed by atoms with van der Waals surface area (Å²) in [5, 5.41) is 0.864. The van der Waals surface area contributed by atoms with Crippen LogP contribution in [0.1, 0.15) is 18.4 Å². The molecule has 0 spiro atoms. The second-order valence-corrected chi connectivity index (χ2v) is 10.1. The van der Waals surface area contributed by atoms with Gasteiger partial charge < -0.3 is 9.80 Å². The van der Waals surface area contributed by atoms with E-state index in [4.69, 9.17) is 23.2 Å². The minimum absolute atomic E-state index is 0.0215. The first kappa shape index (κ1) is 21.4. The number of carbonyl (C=O) groups is 2. The molecule has 2 saturated heterocycles. The molecule has 0 N–H and O–H groups in total. The molecule has 1 aromatic rings. The highest BCUT2D eigenvalue weighted by Crippen LogP contribution is 2.36. The summed E-state index contributed by atoms with van der Waals surface area (Å²) in [6.07, 6.45) is 1.17. The van der Waals surface area contributed by atoms with Gasteiger partial charge in [0.25, 0.3) is 0 Å². The highest BCUT2D eigenvalue weighted by molar-refractivity contribution is 7.88. The molecule has 2 amide bonds. The topological polar surface area (TPSA) is 78.0 Å². The number of ketones is 1. The minimum Gasteiger partial charge on any atom is -0.323 e. The first-order valence-corrected chi connectivity index (χ1v) is 11.6. The number of carbonyl (C=O) groups excluding carboxylic acids is 2. The highest BCUT2D eigenvalue weighted by Gasteiger charge is 2.40. The smallest absolute Gasteiger partial charge is 0.320 e. The molecule has 0 radical (unpaired) electrons. The molecule has 0 unspecified atom stereocenters. The van der Waals surface area contributed by atoms with Crippen LogP contribution in [0.4, 0.5) is 4.79 Å². The van der Waals surface area contributed by atoms with Crippen molar-refractivity contribution >= 4 is 45.0 Å². The van der Waals surface area contributed by atoms with Gasteiger partial charge in [-0.05, 0) is 24.6 Å². The molecular formula is C18H23Cl2N3O4S. The van der Waals surface area contributed by atoms with Crippen LogP contribution in [0, 0.1) is 5.92 Å². The second kappa shape index (κ2) is 8.18. The Hall–Kier alpha value is -1.35. The van der Waals surface area contributed by atoms with Gasteiger partial charge in [-0.25, -0.2) is 13.2 Å². The van der Waals surface area contributed by atoms with E-state index in [0.717, 1.165) is 5.56 Å². The highest BCUT2D eigenvalue weighted by atomic mass is 35.5. The van der Waals surface area contributed by atoms with Crippen LogP contribution in [0.15, 0.2) is 18.2 Å². The van der Waals surface area contributed by atoms with E-state index in [1.807, 2.05) is 6.07 Å². The summed E-state index contributed by atoms with van der Waals surface area (Å²) in [4.78, 5) is 28.5. The monoisotopic (exact) mass is 447 g/mol. The Balaban J connectivity index is 1.72. The van der Waals surface area contributed by atoms with Gasteiger partial charge in [-0.1, -0.05) is 29.3 Å². The third-order valence-corrected chi connectivity index (χ3v) is 7.50. The van der Waals surface area contributed by atoms with Crippen LogP contribution in [-0.4, -0.2) is 79.9 Å². The molecule has 2 aliphatic rings. The van der Waals surface area contributed by atoms with Crippen molar-refractivity contribution in [3.63, 3.8) is 0 Å². The summed E-state index contributed by atoms with van der Waals surface area (Å²) < 4.78 is 24.7. The van der Waals surface area contributed by atoms with Crippen molar-refractivity contribution in [2.45, 2.75) is 12.8 Å². The number of nitrogens with zero attached hydrogens (tertiary/aromatic N) is 3. The lowest BCUT2D eigenvalue weighted by molar-refractivity contribution is -0.120. The SMILES string of the molecule is CC(=O)[C@@H]1CN(C(=O)N2CCN(S(C)(=O)=O)CC2)C[C@@H]1c1ccc(Cl)c(Cl)c1. The van der Waals surface area contributed by atoms with Crippen LogP contribution < -0.4 is 0 Å². The molecule has 154 valence electrons. The van der Waals surface area contributed by atoms with Gasteiger partial charge in [-0.15, -0.1) is 0 Å². The van der Waals surface area contributed by atoms with Crippen molar-refractivity contribution in [3.8, 4) is 0 Å². The minimum atomic E-state index is -3.25. The fourth-order valence-corrected chi connectivity index (χ4v) is 5.00. The molecule has 10 heteroatoms. The van der Waals surface area contributed by atoms with E-state index in [0.29, 0.717) is 36.2 Å². The summed E-state index contributed by atoms with van der Waals surface area (Å²) in [5.74, 6) is -0.430. The van der Waals surface area contributed by atoms with Crippen molar-refractivity contribution in [1.29, 1.82) is 0 Å². The van der Waals surface area contributed by atoms with E-state index in [1.165, 1.54) is 17.5 Å². The predicted octanol–water partition coefficient (Wildman–Crippen LogP) is 2.30. The molecule has 28 heavy (non-hydrogen) atoms. The number of hydrogen-bond donors (Lipinski definition) is 0. The number of benzene rings is 1. The van der Waals surface area contributed by atoms with Crippen LogP contribution >= 0.6 is 23.2 Å². The van der Waals surface area contributed by atoms with Crippen molar-refractivity contribution in [2.24, 2.45) is 5.92 Å². The summed E-state index contributed by atoms with van der Waals surface area (Å²) in [6.45, 7) is 3.53. The van der Waals surface area contributed by atoms with Gasteiger partial charge >= 0.3 is 6.03 Å². The Morgan fingerprint density at radius 1 is 1.00 bits per heavy atom. The number of likely N-dealkylation sites (tertiary alicyclic amines) is 1. The van der Waals surface area contributed by atoms with Crippen molar-refractivity contribution in [1.82, 2.24) is 14.1 Å². The maximum atomic E-state index is 12.9. The molecule has 1 aromatic carbocycles. The molecule has 2 fully saturated rings. The standard InChI is InChI=1S/C18H23Cl2N3O4S/c1-12(24)14-10-22(11-15(14)13-3-4-16(19)17(20)9-13)18(25)21-5-7-23(8-6-21)28(2,26)27/h3-4,9,14-15H,5-8,10-11H2,1-2H3/t14-,15+/m0/s1. The maximum Gasteiger partial charge on any atom is 0.320 e.